The first kappa shape index (κ1) is 22.2. The van der Waals surface area contributed by atoms with E-state index in [0.717, 1.165) is 41.5 Å². The number of aryl methyl sites for hydroxylation is 1. The number of rotatable bonds is 3. The van der Waals surface area contributed by atoms with Gasteiger partial charge in [-0.05, 0) is 58.6 Å². The number of fused-ring (bicyclic) bond motifs is 5. The van der Waals surface area contributed by atoms with Gasteiger partial charge in [0.2, 0.25) is 5.91 Å². The highest BCUT2D eigenvalue weighted by Gasteiger charge is 2.51. The number of carbonyl (C=O) groups excluding carboxylic acids is 1. The van der Waals surface area contributed by atoms with Crippen LogP contribution in [0.25, 0.3) is 33.1 Å². The molecule has 1 amide bonds. The summed E-state index contributed by atoms with van der Waals surface area (Å²) in [6, 6.07) is 13.8. The Kier molecular flexibility index (Phi) is 5.00. The lowest BCUT2D eigenvalue weighted by atomic mass is 9.74. The number of amides is 1. The summed E-state index contributed by atoms with van der Waals surface area (Å²) in [5.41, 5.74) is 1.91. The minimum Gasteiger partial charge on any atom is -0.313 e. The van der Waals surface area contributed by atoms with E-state index in [2.05, 4.69) is 26.0 Å². The van der Waals surface area contributed by atoms with Gasteiger partial charge in [0.1, 0.15) is 4.60 Å². The largest absolute Gasteiger partial charge is 0.313 e. The highest BCUT2D eigenvalue weighted by atomic mass is 79.9. The summed E-state index contributed by atoms with van der Waals surface area (Å²) in [6.07, 6.45) is 7.42. The number of benzene rings is 2. The zero-order valence-corrected chi connectivity index (χ0v) is 24.2. The van der Waals surface area contributed by atoms with E-state index in [1.54, 1.807) is 29.1 Å². The van der Waals surface area contributed by atoms with Crippen molar-refractivity contribution in [1.82, 2.24) is 18.7 Å². The molecule has 1 saturated carbocycles. The topological polar surface area (TPSA) is 90.1 Å². The van der Waals surface area contributed by atoms with Gasteiger partial charge in [0.05, 0.1) is 33.9 Å². The average molecular weight is 622 g/mol. The molecule has 0 saturated heterocycles. The van der Waals surface area contributed by atoms with Crippen LogP contribution in [0.2, 0.25) is 0 Å². The van der Waals surface area contributed by atoms with E-state index in [9.17, 15) is 13.2 Å². The van der Waals surface area contributed by atoms with E-state index in [1.807, 2.05) is 25.2 Å². The number of aromatic nitrogens is 4. The number of halogens is 1. The van der Waals surface area contributed by atoms with Crippen LogP contribution in [-0.4, -0.2) is 40.0 Å². The lowest BCUT2D eigenvalue weighted by Crippen LogP contribution is -2.38. The van der Waals surface area contributed by atoms with Gasteiger partial charge in [-0.1, -0.05) is 49.9 Å². The predicted molar refractivity (Wildman–Crippen MR) is 159 cm³/mol. The molecule has 0 atom stereocenters. The molecule has 0 bridgehead atoms. The van der Waals surface area contributed by atoms with E-state index in [4.69, 9.17) is 4.11 Å². The summed E-state index contributed by atoms with van der Waals surface area (Å²) in [6.45, 7) is -2.73. The third-order valence-corrected chi connectivity index (χ3v) is 11.2. The van der Waals surface area contributed by atoms with E-state index in [0.29, 0.717) is 34.9 Å². The highest BCUT2D eigenvalue weighted by Crippen LogP contribution is 2.54. The zero-order chi connectivity index (χ0) is 30.3. The minimum atomic E-state index is -4.16. The summed E-state index contributed by atoms with van der Waals surface area (Å²) >= 11 is 3.65. The Morgan fingerprint density at radius 2 is 1.77 bits per heavy atom. The van der Waals surface area contributed by atoms with Gasteiger partial charge in [0, 0.05) is 40.0 Å². The Morgan fingerprint density at radius 3 is 2.50 bits per heavy atom. The third-order valence-electron chi connectivity index (χ3n) is 8.47. The molecule has 8 nitrogen and oxygen atoms in total. The van der Waals surface area contributed by atoms with Crippen LogP contribution in [0, 0.1) is 0 Å². The van der Waals surface area contributed by atoms with E-state index in [-0.39, 0.29) is 20.8 Å². The van der Waals surface area contributed by atoms with Crippen LogP contribution in [0.1, 0.15) is 48.2 Å². The minimum absolute atomic E-state index is 0.0773. The van der Waals surface area contributed by atoms with Crippen molar-refractivity contribution in [1.29, 1.82) is 0 Å². The summed E-state index contributed by atoms with van der Waals surface area (Å²) in [5.74, 6) is -0.470. The van der Waals surface area contributed by atoms with Crippen molar-refractivity contribution in [3.63, 3.8) is 0 Å². The van der Waals surface area contributed by atoms with Crippen LogP contribution in [0.3, 0.4) is 0 Å². The first-order valence-electron chi connectivity index (χ1n) is 14.8. The van der Waals surface area contributed by atoms with Crippen LogP contribution in [0.15, 0.2) is 70.4 Å². The van der Waals surface area contributed by atoms with Crippen molar-refractivity contribution in [3.8, 4) is 11.1 Å². The Hall–Kier alpha value is -3.50. The molecule has 2 aliphatic rings. The van der Waals surface area contributed by atoms with Gasteiger partial charge < -0.3 is 4.90 Å². The van der Waals surface area contributed by atoms with E-state index < -0.39 is 28.3 Å². The summed E-state index contributed by atoms with van der Waals surface area (Å²) in [5, 5.41) is 5.68. The molecule has 1 spiro atoms. The Balaban J connectivity index is 1.65. The van der Waals surface area contributed by atoms with Gasteiger partial charge in [0.25, 0.3) is 10.0 Å². The molecule has 3 aromatic heterocycles. The number of hydrogen-bond donors (Lipinski definition) is 0. The van der Waals surface area contributed by atoms with E-state index in [1.165, 1.54) is 22.3 Å². The quantitative estimate of drug-likeness (QED) is 0.241. The highest BCUT2D eigenvalue weighted by molar-refractivity contribution is 9.10. The molecular weight excluding hydrogens is 590 g/mol. The second-order valence-corrected chi connectivity index (χ2v) is 13.2. The number of pyridine rings is 1. The molecular formula is C30H28BrN5O3S. The van der Waals surface area contributed by atoms with Crippen LogP contribution >= 0.6 is 15.9 Å². The first-order chi connectivity index (χ1) is 20.5. The molecule has 204 valence electrons. The molecule has 10 heteroatoms. The normalized spacial score (nSPS) is 18.6. The molecule has 7 rings (SSSR count). The lowest BCUT2D eigenvalue weighted by Gasteiger charge is -2.27. The van der Waals surface area contributed by atoms with Gasteiger partial charge in [-0.2, -0.15) is 5.10 Å². The molecule has 1 aliphatic carbocycles. The zero-order valence-electron chi connectivity index (χ0n) is 24.8. The van der Waals surface area contributed by atoms with Crippen molar-refractivity contribution in [2.75, 3.05) is 11.9 Å². The van der Waals surface area contributed by atoms with Gasteiger partial charge in [-0.3, -0.25) is 9.48 Å². The van der Waals surface area contributed by atoms with Crippen molar-refractivity contribution in [3.05, 3.63) is 71.1 Å². The Morgan fingerprint density at radius 1 is 1.02 bits per heavy atom. The fraction of sp³-hybridized carbons (Fsp3) is 0.300. The molecule has 0 N–H and O–H groups in total. The molecule has 40 heavy (non-hydrogen) atoms. The molecule has 2 aromatic carbocycles. The molecule has 1 fully saturated rings. The van der Waals surface area contributed by atoms with Crippen LogP contribution in [0.4, 0.5) is 5.69 Å². The maximum absolute atomic E-state index is 14.3. The maximum Gasteiger partial charge on any atom is 0.270 e. The monoisotopic (exact) mass is 620 g/mol. The van der Waals surface area contributed by atoms with Crippen molar-refractivity contribution in [2.45, 2.75) is 48.8 Å². The molecule has 0 radical (unpaired) electrons. The smallest absolute Gasteiger partial charge is 0.270 e. The molecule has 1 aliphatic heterocycles. The predicted octanol–water partition coefficient (Wildman–Crippen LogP) is 6.16. The number of carbonyl (C=O) groups is 1. The van der Waals surface area contributed by atoms with Crippen LogP contribution in [0.5, 0.6) is 0 Å². The number of anilines is 1. The lowest BCUT2D eigenvalue weighted by molar-refractivity contribution is -0.123. The standard InChI is InChI=1S/C30H28BrN5O3S/c1-34-23-18-32-28-25(26(23)30(29(34)37)14-8-3-4-9-15-30)24(19-12-13-22-20(16-19)17-33-35(22)2)27(31)36(28)40(38,39)21-10-6-5-7-11-21/h5-7,10-13,16-18H,3-4,8-9,14-15H2,1-2H3/i1D3. The molecule has 0 unspecified atom stereocenters. The van der Waals surface area contributed by atoms with Gasteiger partial charge >= 0.3 is 0 Å². The third kappa shape index (κ3) is 3.41. The fourth-order valence-electron chi connectivity index (χ4n) is 6.56. The first-order valence-corrected chi connectivity index (χ1v) is 15.5. The number of hydrogen-bond acceptors (Lipinski definition) is 5. The molecule has 5 aromatic rings. The van der Waals surface area contributed by atoms with Gasteiger partial charge in [-0.15, -0.1) is 0 Å². The molecule has 4 heterocycles. The summed E-state index contributed by atoms with van der Waals surface area (Å²) in [4.78, 5) is 19.9. The number of nitrogens with zero attached hydrogens (tertiary/aromatic N) is 5. The number of likely N-dealkylation sites (N-methyl/N-ethyl adjacent to an activating group) is 1. The SMILES string of the molecule is [2H]C([2H])([2H])N1C(=O)C2(CCCCCC2)c2c1cnc1c2c(-c2ccc3c(cnn3C)c2)c(Br)n1S(=O)(=O)c1ccccc1. The average Bonchev–Trinajstić information content (AvgIpc) is 3.47. The Bertz CT molecular complexity index is 2050. The van der Waals surface area contributed by atoms with Crippen LogP contribution in [-0.2, 0) is 27.3 Å². The van der Waals surface area contributed by atoms with Crippen molar-refractivity contribution < 1.29 is 17.3 Å². The van der Waals surface area contributed by atoms with Gasteiger partial charge in [-0.25, -0.2) is 17.4 Å². The Labute approximate surface area is 245 Å². The van der Waals surface area contributed by atoms with Gasteiger partial charge in [0.15, 0.2) is 5.65 Å². The summed E-state index contributed by atoms with van der Waals surface area (Å²) in [7, 11) is -2.32. The van der Waals surface area contributed by atoms with Crippen molar-refractivity contribution in [2.24, 2.45) is 7.05 Å². The van der Waals surface area contributed by atoms with Crippen LogP contribution < -0.4 is 4.90 Å². The fourth-order valence-corrected chi connectivity index (χ4v) is 9.11. The maximum atomic E-state index is 14.3. The van der Waals surface area contributed by atoms with Crippen molar-refractivity contribution >= 4 is 59.5 Å². The summed E-state index contributed by atoms with van der Waals surface area (Å²) < 4.78 is 56.6. The second kappa shape index (κ2) is 9.01. The second-order valence-electron chi connectivity index (χ2n) is 10.6. The van der Waals surface area contributed by atoms with E-state index >= 15 is 0 Å².